The van der Waals surface area contributed by atoms with Gasteiger partial charge in [-0.2, -0.15) is 0 Å². The monoisotopic (exact) mass is 406 g/mol. The van der Waals surface area contributed by atoms with Gasteiger partial charge in [-0.3, -0.25) is 19.3 Å². The van der Waals surface area contributed by atoms with Crippen LogP contribution < -0.4 is 10.1 Å². The van der Waals surface area contributed by atoms with E-state index in [1.807, 2.05) is 13.0 Å². The molecule has 2 aromatic rings. The van der Waals surface area contributed by atoms with E-state index >= 15 is 0 Å². The summed E-state index contributed by atoms with van der Waals surface area (Å²) in [6, 6.07) is 6.95. The van der Waals surface area contributed by atoms with Gasteiger partial charge in [0.1, 0.15) is 11.8 Å². The molecule has 0 aromatic heterocycles. The largest absolute Gasteiger partial charge is 0.495 e. The number of carbonyl (C=O) groups is 3. The fourth-order valence-electron chi connectivity index (χ4n) is 2.88. The van der Waals surface area contributed by atoms with Crippen molar-refractivity contribution in [3.63, 3.8) is 0 Å². The zero-order valence-corrected chi connectivity index (χ0v) is 16.3. The van der Waals surface area contributed by atoms with Crippen LogP contribution in [0, 0.1) is 6.92 Å². The van der Waals surface area contributed by atoms with Gasteiger partial charge in [-0.15, -0.1) is 0 Å². The molecule has 0 bridgehead atoms. The third-order valence-electron chi connectivity index (χ3n) is 4.34. The Labute approximate surface area is 166 Å². The molecular weight excluding hydrogens is 391 g/mol. The average Bonchev–Trinajstić information content (AvgIpc) is 2.85. The highest BCUT2D eigenvalue weighted by Crippen LogP contribution is 2.33. The van der Waals surface area contributed by atoms with Gasteiger partial charge in [-0.25, -0.2) is 0 Å². The van der Waals surface area contributed by atoms with E-state index in [9.17, 15) is 14.4 Å². The number of methoxy groups -OCH3 is 1. The van der Waals surface area contributed by atoms with Gasteiger partial charge in [0, 0.05) is 0 Å². The molecule has 3 amide bonds. The van der Waals surface area contributed by atoms with Gasteiger partial charge < -0.3 is 10.1 Å². The van der Waals surface area contributed by atoms with Crippen molar-refractivity contribution in [2.24, 2.45) is 0 Å². The number of amides is 3. The summed E-state index contributed by atoms with van der Waals surface area (Å²) in [4.78, 5) is 38.9. The molecular formula is C19H16Cl2N2O4. The number of hydrogen-bond donors (Lipinski definition) is 1. The van der Waals surface area contributed by atoms with Gasteiger partial charge in [0.2, 0.25) is 5.91 Å². The zero-order valence-electron chi connectivity index (χ0n) is 14.8. The number of hydrogen-bond acceptors (Lipinski definition) is 4. The lowest BCUT2D eigenvalue weighted by Gasteiger charge is -2.22. The van der Waals surface area contributed by atoms with E-state index in [1.54, 1.807) is 12.1 Å². The second-order valence-corrected chi connectivity index (χ2v) is 6.98. The molecule has 0 spiro atoms. The fraction of sp³-hybridized carbons (Fsp3) is 0.211. The Kier molecular flexibility index (Phi) is 5.13. The molecule has 1 N–H and O–H groups in total. The summed E-state index contributed by atoms with van der Waals surface area (Å²) in [5, 5.41) is 3.04. The van der Waals surface area contributed by atoms with Crippen LogP contribution in [0.25, 0.3) is 0 Å². The van der Waals surface area contributed by atoms with E-state index in [1.165, 1.54) is 26.2 Å². The number of aryl methyl sites for hydroxylation is 1. The molecule has 3 rings (SSSR count). The minimum absolute atomic E-state index is 0.127. The standard InChI is InChI=1S/C19H16Cl2N2O4/c1-9-4-5-16(27-3)15(6-9)22-17(24)10(2)23-18(25)11-7-13(20)14(21)8-12(11)19(23)26/h4-8,10H,1-3H3,(H,22,24)/t10-/m0/s1. The van der Waals surface area contributed by atoms with Crippen molar-refractivity contribution in [3.05, 3.63) is 57.1 Å². The van der Waals surface area contributed by atoms with Gasteiger partial charge in [-0.1, -0.05) is 29.3 Å². The normalized spacial score (nSPS) is 14.2. The molecule has 2 aromatic carbocycles. The molecule has 0 fully saturated rings. The summed E-state index contributed by atoms with van der Waals surface area (Å²) in [6.07, 6.45) is 0. The van der Waals surface area contributed by atoms with Gasteiger partial charge in [-0.05, 0) is 43.7 Å². The lowest BCUT2D eigenvalue weighted by molar-refractivity contribution is -0.119. The van der Waals surface area contributed by atoms with E-state index in [-0.39, 0.29) is 21.2 Å². The molecule has 1 aliphatic rings. The fourth-order valence-corrected chi connectivity index (χ4v) is 3.21. The molecule has 0 aliphatic carbocycles. The molecule has 27 heavy (non-hydrogen) atoms. The highest BCUT2D eigenvalue weighted by atomic mass is 35.5. The summed E-state index contributed by atoms with van der Waals surface area (Å²) in [7, 11) is 1.49. The SMILES string of the molecule is COc1ccc(C)cc1NC(=O)[C@H](C)N1C(=O)c2cc(Cl)c(Cl)cc2C1=O. The Balaban J connectivity index is 1.87. The second kappa shape index (κ2) is 7.21. The van der Waals surface area contributed by atoms with Crippen LogP contribution in [0.2, 0.25) is 10.0 Å². The van der Waals surface area contributed by atoms with Crippen molar-refractivity contribution < 1.29 is 19.1 Å². The van der Waals surface area contributed by atoms with Crippen molar-refractivity contribution in [2.45, 2.75) is 19.9 Å². The maximum absolute atomic E-state index is 12.7. The van der Waals surface area contributed by atoms with E-state index in [0.717, 1.165) is 10.5 Å². The Morgan fingerprint density at radius 2 is 1.63 bits per heavy atom. The van der Waals surface area contributed by atoms with Crippen molar-refractivity contribution in [2.75, 3.05) is 12.4 Å². The van der Waals surface area contributed by atoms with Crippen LogP contribution >= 0.6 is 23.2 Å². The molecule has 140 valence electrons. The molecule has 0 saturated heterocycles. The van der Waals surface area contributed by atoms with Gasteiger partial charge in [0.15, 0.2) is 0 Å². The predicted molar refractivity (Wildman–Crippen MR) is 103 cm³/mol. The molecule has 1 atom stereocenters. The van der Waals surface area contributed by atoms with Crippen molar-refractivity contribution in [1.82, 2.24) is 4.90 Å². The third-order valence-corrected chi connectivity index (χ3v) is 5.06. The maximum atomic E-state index is 12.7. The molecule has 1 aliphatic heterocycles. The number of carbonyl (C=O) groups excluding carboxylic acids is 3. The highest BCUT2D eigenvalue weighted by molar-refractivity contribution is 6.43. The predicted octanol–water partition coefficient (Wildman–Crippen LogP) is 3.93. The smallest absolute Gasteiger partial charge is 0.262 e. The van der Waals surface area contributed by atoms with E-state index < -0.39 is 23.8 Å². The Morgan fingerprint density at radius 1 is 1.07 bits per heavy atom. The number of rotatable bonds is 4. The molecule has 1 heterocycles. The van der Waals surface area contributed by atoms with E-state index in [0.29, 0.717) is 11.4 Å². The van der Waals surface area contributed by atoms with Gasteiger partial charge >= 0.3 is 0 Å². The summed E-state index contributed by atoms with van der Waals surface area (Å²) in [5.41, 5.74) is 1.63. The molecule has 8 heteroatoms. The second-order valence-electron chi connectivity index (χ2n) is 6.16. The van der Waals surface area contributed by atoms with E-state index in [4.69, 9.17) is 27.9 Å². The van der Waals surface area contributed by atoms with Crippen LogP contribution in [0.3, 0.4) is 0 Å². The first kappa shape index (κ1) is 19.2. The summed E-state index contributed by atoms with van der Waals surface area (Å²) < 4.78 is 5.23. The average molecular weight is 407 g/mol. The maximum Gasteiger partial charge on any atom is 0.262 e. The Morgan fingerprint density at radius 3 is 2.15 bits per heavy atom. The van der Waals surface area contributed by atoms with Crippen LogP contribution in [0.5, 0.6) is 5.75 Å². The first-order valence-electron chi connectivity index (χ1n) is 8.07. The summed E-state index contributed by atoms with van der Waals surface area (Å²) in [5.74, 6) is -1.23. The first-order chi connectivity index (χ1) is 12.7. The minimum Gasteiger partial charge on any atom is -0.495 e. The van der Waals surface area contributed by atoms with Crippen LogP contribution in [-0.2, 0) is 4.79 Å². The lowest BCUT2D eigenvalue weighted by atomic mass is 10.1. The topological polar surface area (TPSA) is 75.7 Å². The van der Waals surface area contributed by atoms with Crippen molar-refractivity contribution in [3.8, 4) is 5.75 Å². The molecule has 0 unspecified atom stereocenters. The molecule has 0 saturated carbocycles. The lowest BCUT2D eigenvalue weighted by Crippen LogP contribution is -2.45. The zero-order chi connectivity index (χ0) is 19.9. The van der Waals surface area contributed by atoms with Crippen LogP contribution in [0.15, 0.2) is 30.3 Å². The number of halogens is 2. The Hall–Kier alpha value is -2.57. The van der Waals surface area contributed by atoms with Crippen LogP contribution in [0.1, 0.15) is 33.2 Å². The van der Waals surface area contributed by atoms with Crippen molar-refractivity contribution in [1.29, 1.82) is 0 Å². The summed E-state index contributed by atoms with van der Waals surface area (Å²) >= 11 is 11.9. The number of nitrogens with one attached hydrogen (secondary N) is 1. The number of benzene rings is 2. The van der Waals surface area contributed by atoms with Crippen LogP contribution in [0.4, 0.5) is 5.69 Å². The third kappa shape index (κ3) is 3.38. The first-order valence-corrected chi connectivity index (χ1v) is 8.82. The van der Waals surface area contributed by atoms with Crippen molar-refractivity contribution >= 4 is 46.6 Å². The quantitative estimate of drug-likeness (QED) is 0.780. The van der Waals surface area contributed by atoms with Gasteiger partial charge in [0.05, 0.1) is 34.0 Å². The minimum atomic E-state index is -1.04. The number of ether oxygens (including phenoxy) is 1. The van der Waals surface area contributed by atoms with Crippen LogP contribution in [-0.4, -0.2) is 35.8 Å². The van der Waals surface area contributed by atoms with Gasteiger partial charge in [0.25, 0.3) is 11.8 Å². The number of nitrogens with zero attached hydrogens (tertiary/aromatic N) is 1. The highest BCUT2D eigenvalue weighted by Gasteiger charge is 2.41. The molecule has 0 radical (unpaired) electrons. The summed E-state index contributed by atoms with van der Waals surface area (Å²) in [6.45, 7) is 3.35. The number of fused-ring (bicyclic) bond motifs is 1. The molecule has 6 nitrogen and oxygen atoms in total. The van der Waals surface area contributed by atoms with E-state index in [2.05, 4.69) is 5.32 Å². The number of imide groups is 1. The Bertz CT molecular complexity index is 933. The number of anilines is 1.